The van der Waals surface area contributed by atoms with Crippen LogP contribution in [0.4, 0.5) is 0 Å². The summed E-state index contributed by atoms with van der Waals surface area (Å²) in [6, 6.07) is 18.7. The fourth-order valence-corrected chi connectivity index (χ4v) is 4.48. The molecule has 0 atom stereocenters. The van der Waals surface area contributed by atoms with Crippen molar-refractivity contribution in [3.63, 3.8) is 0 Å². The van der Waals surface area contributed by atoms with Crippen molar-refractivity contribution in [3.8, 4) is 62.9 Å². The number of benzene rings is 4. The van der Waals surface area contributed by atoms with E-state index in [0.29, 0.717) is 16.9 Å². The Morgan fingerprint density at radius 1 is 0.610 bits per heavy atom. The normalized spacial score (nSPS) is 11.1. The van der Waals surface area contributed by atoms with E-state index in [2.05, 4.69) is 0 Å². The monoisotopic (exact) mass is 552 g/mol. The molecule has 10 nitrogen and oxygen atoms in total. The first-order valence-electron chi connectivity index (χ1n) is 12.2. The minimum absolute atomic E-state index is 0.00787. The van der Waals surface area contributed by atoms with Gasteiger partial charge in [-0.1, -0.05) is 0 Å². The Balaban J connectivity index is 1.39. The Kier molecular flexibility index (Phi) is 6.00. The second kappa shape index (κ2) is 9.69. The largest absolute Gasteiger partial charge is 0.508 e. The van der Waals surface area contributed by atoms with Crippen LogP contribution in [0.5, 0.6) is 40.2 Å². The maximum atomic E-state index is 12.9. The zero-order valence-electron chi connectivity index (χ0n) is 21.2. The number of rotatable bonds is 5. The number of aromatic hydroxyl groups is 4. The summed E-state index contributed by atoms with van der Waals surface area (Å²) in [5, 5.41) is 40.6. The summed E-state index contributed by atoms with van der Waals surface area (Å²) >= 11 is 0. The van der Waals surface area contributed by atoms with E-state index < -0.39 is 28.1 Å². The number of ether oxygens (including phenoxy) is 2. The Labute approximate surface area is 230 Å². The molecule has 4 N–H and O–H groups in total. The van der Waals surface area contributed by atoms with Crippen molar-refractivity contribution in [1.29, 1.82) is 0 Å². The van der Waals surface area contributed by atoms with Gasteiger partial charge in [0.25, 0.3) is 0 Å². The van der Waals surface area contributed by atoms with Crippen molar-refractivity contribution < 1.29 is 38.7 Å². The van der Waals surface area contributed by atoms with Gasteiger partial charge >= 0.3 is 0 Å². The summed E-state index contributed by atoms with van der Waals surface area (Å²) in [5.74, 6) is -0.598. The standard InChI is InChI=1S/C31H20O10/c1-38-18-6-2-16(3-7-18)26-14-23(36)29-21(34)12-24(37)30(31(29)41-26)39-19-8-4-15(5-9-19)25-13-22(35)28-20(33)10-17(32)11-27(28)40-25/h2-14,32-34,37H,1H3. The fourth-order valence-electron chi connectivity index (χ4n) is 4.48. The van der Waals surface area contributed by atoms with Crippen LogP contribution < -0.4 is 20.3 Å². The van der Waals surface area contributed by atoms with Crippen LogP contribution in [0.2, 0.25) is 0 Å². The Bertz CT molecular complexity index is 2070. The van der Waals surface area contributed by atoms with Crippen LogP contribution in [0.15, 0.2) is 97.3 Å². The molecule has 0 radical (unpaired) electrons. The van der Waals surface area contributed by atoms with Gasteiger partial charge in [0.15, 0.2) is 22.2 Å². The van der Waals surface area contributed by atoms with Gasteiger partial charge < -0.3 is 38.7 Å². The van der Waals surface area contributed by atoms with Crippen molar-refractivity contribution in [2.24, 2.45) is 0 Å². The zero-order chi connectivity index (χ0) is 28.8. The molecule has 4 aromatic carbocycles. The molecule has 0 aliphatic rings. The third-order valence-electron chi connectivity index (χ3n) is 6.44. The van der Waals surface area contributed by atoms with Crippen molar-refractivity contribution >= 4 is 21.9 Å². The van der Waals surface area contributed by atoms with E-state index in [1.807, 2.05) is 0 Å². The highest BCUT2D eigenvalue weighted by molar-refractivity contribution is 5.92. The van der Waals surface area contributed by atoms with E-state index in [-0.39, 0.29) is 50.7 Å². The molecular formula is C31H20O10. The van der Waals surface area contributed by atoms with Gasteiger partial charge in [0, 0.05) is 41.5 Å². The number of fused-ring (bicyclic) bond motifs is 2. The van der Waals surface area contributed by atoms with Gasteiger partial charge in [-0.3, -0.25) is 9.59 Å². The number of hydrogen-bond donors (Lipinski definition) is 4. The molecule has 0 saturated carbocycles. The molecule has 2 aromatic heterocycles. The molecule has 204 valence electrons. The smallest absolute Gasteiger partial charge is 0.212 e. The van der Waals surface area contributed by atoms with E-state index in [9.17, 15) is 30.0 Å². The maximum Gasteiger partial charge on any atom is 0.212 e. The van der Waals surface area contributed by atoms with Crippen LogP contribution in [0.1, 0.15) is 0 Å². The molecule has 6 rings (SSSR count). The first-order valence-corrected chi connectivity index (χ1v) is 12.2. The van der Waals surface area contributed by atoms with Crippen LogP contribution in [0.25, 0.3) is 44.6 Å². The summed E-state index contributed by atoms with van der Waals surface area (Å²) in [6.07, 6.45) is 0. The lowest BCUT2D eigenvalue weighted by atomic mass is 10.1. The topological polar surface area (TPSA) is 160 Å². The third-order valence-corrected chi connectivity index (χ3v) is 6.44. The van der Waals surface area contributed by atoms with Crippen LogP contribution in [0, 0.1) is 0 Å². The molecule has 0 bridgehead atoms. The van der Waals surface area contributed by atoms with Crippen molar-refractivity contribution in [2.75, 3.05) is 7.11 Å². The van der Waals surface area contributed by atoms with Crippen molar-refractivity contribution in [1.82, 2.24) is 0 Å². The molecule has 0 spiro atoms. The Morgan fingerprint density at radius 3 is 1.80 bits per heavy atom. The molecule has 0 aliphatic heterocycles. The van der Waals surface area contributed by atoms with Gasteiger partial charge in [0.05, 0.1) is 7.11 Å². The van der Waals surface area contributed by atoms with E-state index in [0.717, 1.165) is 12.1 Å². The number of phenolic OH excluding ortho intramolecular Hbond substituents is 4. The van der Waals surface area contributed by atoms with Gasteiger partial charge in [-0.05, 0) is 48.5 Å². The average molecular weight is 552 g/mol. The molecule has 0 amide bonds. The quantitative estimate of drug-likeness (QED) is 0.204. The number of methoxy groups -OCH3 is 1. The molecule has 41 heavy (non-hydrogen) atoms. The molecule has 0 aliphatic carbocycles. The maximum absolute atomic E-state index is 12.9. The molecule has 10 heteroatoms. The highest BCUT2D eigenvalue weighted by atomic mass is 16.5. The molecule has 6 aromatic rings. The van der Waals surface area contributed by atoms with Gasteiger partial charge in [0.2, 0.25) is 5.75 Å². The van der Waals surface area contributed by atoms with Gasteiger partial charge in [0.1, 0.15) is 56.6 Å². The highest BCUT2D eigenvalue weighted by Gasteiger charge is 2.21. The summed E-state index contributed by atoms with van der Waals surface area (Å²) < 4.78 is 22.8. The first kappa shape index (κ1) is 25.4. The van der Waals surface area contributed by atoms with E-state index in [1.165, 1.54) is 37.4 Å². The number of hydrogen-bond acceptors (Lipinski definition) is 10. The van der Waals surface area contributed by atoms with Gasteiger partial charge in [-0.25, -0.2) is 0 Å². The minimum Gasteiger partial charge on any atom is -0.508 e. The fraction of sp³-hybridized carbons (Fsp3) is 0.0323. The second-order valence-electron chi connectivity index (χ2n) is 9.09. The molecule has 0 saturated heterocycles. The predicted molar refractivity (Wildman–Crippen MR) is 149 cm³/mol. The second-order valence-corrected chi connectivity index (χ2v) is 9.09. The van der Waals surface area contributed by atoms with Crippen LogP contribution in [-0.2, 0) is 0 Å². The van der Waals surface area contributed by atoms with Crippen LogP contribution in [0.3, 0.4) is 0 Å². The van der Waals surface area contributed by atoms with E-state index in [4.69, 9.17) is 18.3 Å². The molecule has 0 unspecified atom stereocenters. The minimum atomic E-state index is -0.543. The lowest BCUT2D eigenvalue weighted by Crippen LogP contribution is -2.02. The SMILES string of the molecule is COc1ccc(-c2cc(=O)c3c(O)cc(O)c(Oc4ccc(-c5cc(=O)c6c(O)cc(O)cc6o5)cc4)c3o2)cc1. The summed E-state index contributed by atoms with van der Waals surface area (Å²) in [7, 11) is 1.53. The zero-order valence-corrected chi connectivity index (χ0v) is 21.2. The van der Waals surface area contributed by atoms with E-state index in [1.54, 1.807) is 36.4 Å². The summed E-state index contributed by atoms with van der Waals surface area (Å²) in [5.41, 5.74) is -0.160. The van der Waals surface area contributed by atoms with Gasteiger partial charge in [-0.2, -0.15) is 0 Å². The van der Waals surface area contributed by atoms with E-state index >= 15 is 0 Å². The lowest BCUT2D eigenvalue weighted by molar-refractivity contribution is 0.401. The van der Waals surface area contributed by atoms with Gasteiger partial charge in [-0.15, -0.1) is 0 Å². The molecule has 0 fully saturated rings. The average Bonchev–Trinajstić information content (AvgIpc) is 2.94. The summed E-state index contributed by atoms with van der Waals surface area (Å²) in [4.78, 5) is 25.5. The summed E-state index contributed by atoms with van der Waals surface area (Å²) in [6.45, 7) is 0. The molecular weight excluding hydrogens is 532 g/mol. The lowest BCUT2D eigenvalue weighted by Gasteiger charge is -2.13. The van der Waals surface area contributed by atoms with Crippen LogP contribution >= 0.6 is 0 Å². The Morgan fingerprint density at radius 2 is 1.17 bits per heavy atom. The van der Waals surface area contributed by atoms with Crippen molar-refractivity contribution in [3.05, 3.63) is 99.3 Å². The third kappa shape index (κ3) is 4.53. The van der Waals surface area contributed by atoms with Crippen LogP contribution in [-0.4, -0.2) is 27.5 Å². The predicted octanol–water partition coefficient (Wildman–Crippen LogP) is 5.86. The first-order chi connectivity index (χ1) is 19.7. The van der Waals surface area contributed by atoms with Crippen molar-refractivity contribution in [2.45, 2.75) is 0 Å². The Hall–Kier alpha value is -5.90. The molecule has 2 heterocycles. The number of phenols is 4. The highest BCUT2D eigenvalue weighted by Crippen LogP contribution is 2.43.